The Morgan fingerprint density at radius 1 is 0.318 bits per heavy atom. The van der Waals surface area contributed by atoms with Crippen LogP contribution >= 0.6 is 0 Å². The third-order valence-corrected chi connectivity index (χ3v) is 11.4. The van der Waals surface area contributed by atoms with Crippen molar-refractivity contribution in [3.05, 3.63) is 97.2 Å². The zero-order chi connectivity index (χ0) is 47.9. The Balaban J connectivity index is 4.31. The van der Waals surface area contributed by atoms with E-state index in [1.165, 1.54) is 96.3 Å². The van der Waals surface area contributed by atoms with Gasteiger partial charge in [0.25, 0.3) is 0 Å². The highest BCUT2D eigenvalue weighted by atomic mass is 16.6. The maximum absolute atomic E-state index is 12.8. The molecule has 0 saturated carbocycles. The summed E-state index contributed by atoms with van der Waals surface area (Å²) in [6.45, 7) is 6.45. The van der Waals surface area contributed by atoms with E-state index in [0.717, 1.165) is 109 Å². The molecule has 1 unspecified atom stereocenters. The van der Waals surface area contributed by atoms with Crippen molar-refractivity contribution < 1.29 is 28.6 Å². The van der Waals surface area contributed by atoms with Crippen LogP contribution in [-0.2, 0) is 28.6 Å². The summed E-state index contributed by atoms with van der Waals surface area (Å²) < 4.78 is 16.7. The van der Waals surface area contributed by atoms with Crippen LogP contribution in [0.1, 0.15) is 245 Å². The van der Waals surface area contributed by atoms with Gasteiger partial charge in [-0.15, -0.1) is 0 Å². The van der Waals surface area contributed by atoms with E-state index >= 15 is 0 Å². The standard InChI is InChI=1S/C60H100O6/c1-4-7-10-13-16-19-21-23-24-25-26-27-28-29-30-31-32-33-34-35-36-38-39-41-44-47-50-53-59(62)65-56-57(55-64-58(61)52-49-46-43-18-15-12-9-6-3)66-60(63)54-51-48-45-42-40-37-22-20-17-14-11-8-5-2/h7,10,16,19,23-24,26-27,29-30,32-33,35-36,39,41,57H,4-6,8-9,11-15,17-18,20-22,25,28,31,34,37-38,40,42-56H2,1-3H3/b10-7-,19-16-,24-23-,27-26-,30-29-,33-32-,36-35-,41-39-. The summed E-state index contributed by atoms with van der Waals surface area (Å²) in [7, 11) is 0. The molecule has 376 valence electrons. The van der Waals surface area contributed by atoms with Crippen molar-refractivity contribution in [3.63, 3.8) is 0 Å². The predicted octanol–water partition coefficient (Wildman–Crippen LogP) is 18.1. The molecule has 0 radical (unpaired) electrons. The highest BCUT2D eigenvalue weighted by molar-refractivity contribution is 5.71. The van der Waals surface area contributed by atoms with Gasteiger partial charge < -0.3 is 14.2 Å². The van der Waals surface area contributed by atoms with Gasteiger partial charge in [0, 0.05) is 19.3 Å². The summed E-state index contributed by atoms with van der Waals surface area (Å²) in [4.78, 5) is 37.9. The molecule has 0 aliphatic heterocycles. The van der Waals surface area contributed by atoms with Gasteiger partial charge in [-0.25, -0.2) is 0 Å². The van der Waals surface area contributed by atoms with E-state index in [1.807, 2.05) is 0 Å². The average Bonchev–Trinajstić information content (AvgIpc) is 3.31. The minimum atomic E-state index is -0.790. The molecule has 0 aliphatic rings. The topological polar surface area (TPSA) is 78.9 Å². The molecule has 66 heavy (non-hydrogen) atoms. The van der Waals surface area contributed by atoms with Crippen molar-refractivity contribution in [2.45, 2.75) is 252 Å². The fourth-order valence-electron chi connectivity index (χ4n) is 7.28. The lowest BCUT2D eigenvalue weighted by atomic mass is 10.0. The first-order chi connectivity index (χ1) is 32.5. The summed E-state index contributed by atoms with van der Waals surface area (Å²) in [5.41, 5.74) is 0. The summed E-state index contributed by atoms with van der Waals surface area (Å²) in [6.07, 6.45) is 71.2. The molecular weight excluding hydrogens is 817 g/mol. The molecule has 6 nitrogen and oxygen atoms in total. The molecule has 0 saturated heterocycles. The Morgan fingerprint density at radius 3 is 0.924 bits per heavy atom. The third-order valence-electron chi connectivity index (χ3n) is 11.4. The molecule has 0 amide bonds. The molecule has 0 bridgehead atoms. The average molecular weight is 917 g/mol. The fraction of sp³-hybridized carbons (Fsp3) is 0.683. The van der Waals surface area contributed by atoms with E-state index in [-0.39, 0.29) is 31.1 Å². The predicted molar refractivity (Wildman–Crippen MR) is 284 cm³/mol. The summed E-state index contributed by atoms with van der Waals surface area (Å²) >= 11 is 0. The van der Waals surface area contributed by atoms with Gasteiger partial charge >= 0.3 is 17.9 Å². The van der Waals surface area contributed by atoms with Gasteiger partial charge in [0.05, 0.1) is 0 Å². The van der Waals surface area contributed by atoms with E-state index < -0.39 is 6.10 Å². The second-order valence-electron chi connectivity index (χ2n) is 17.8. The smallest absolute Gasteiger partial charge is 0.306 e. The van der Waals surface area contributed by atoms with Crippen molar-refractivity contribution in [2.75, 3.05) is 13.2 Å². The fourth-order valence-corrected chi connectivity index (χ4v) is 7.28. The lowest BCUT2D eigenvalue weighted by molar-refractivity contribution is -0.167. The molecule has 0 heterocycles. The molecule has 0 aliphatic carbocycles. The SMILES string of the molecule is CC/C=C\C/C=C\C/C=C\C/C=C\C/C=C\C/C=C\C/C=C\C/C=C\CCCCC(=O)OCC(COC(=O)CCCCCCCCCC)OC(=O)CCCCCCCCCCCCCCC. The summed E-state index contributed by atoms with van der Waals surface area (Å²) in [6, 6.07) is 0. The van der Waals surface area contributed by atoms with E-state index in [0.29, 0.717) is 19.3 Å². The molecule has 0 aromatic heterocycles. The largest absolute Gasteiger partial charge is 0.462 e. The molecule has 0 N–H and O–H groups in total. The lowest BCUT2D eigenvalue weighted by Crippen LogP contribution is -2.30. The first kappa shape index (κ1) is 62.3. The van der Waals surface area contributed by atoms with Crippen LogP contribution in [-0.4, -0.2) is 37.2 Å². The summed E-state index contributed by atoms with van der Waals surface area (Å²) in [5, 5.41) is 0. The molecule has 6 heteroatoms. The van der Waals surface area contributed by atoms with Crippen LogP contribution in [0.15, 0.2) is 97.2 Å². The van der Waals surface area contributed by atoms with E-state index in [1.54, 1.807) is 0 Å². The molecule has 0 rings (SSSR count). The maximum Gasteiger partial charge on any atom is 0.306 e. The summed E-state index contributed by atoms with van der Waals surface area (Å²) in [5.74, 6) is -0.939. The van der Waals surface area contributed by atoms with Gasteiger partial charge in [-0.05, 0) is 83.5 Å². The highest BCUT2D eigenvalue weighted by Gasteiger charge is 2.19. The first-order valence-electron chi connectivity index (χ1n) is 27.2. The quantitative estimate of drug-likeness (QED) is 0.0262. The van der Waals surface area contributed by atoms with Crippen LogP contribution < -0.4 is 0 Å². The van der Waals surface area contributed by atoms with Crippen LogP contribution in [0.3, 0.4) is 0 Å². The second kappa shape index (κ2) is 53.9. The van der Waals surface area contributed by atoms with Crippen LogP contribution in [0.2, 0.25) is 0 Å². The Morgan fingerprint density at radius 2 is 0.591 bits per heavy atom. The molecular formula is C60H100O6. The Hall–Kier alpha value is -3.67. The van der Waals surface area contributed by atoms with E-state index in [2.05, 4.69) is 118 Å². The first-order valence-corrected chi connectivity index (χ1v) is 27.2. The Bertz CT molecular complexity index is 1330. The number of unbranched alkanes of at least 4 members (excludes halogenated alkanes) is 21. The zero-order valence-corrected chi connectivity index (χ0v) is 42.9. The maximum atomic E-state index is 12.8. The minimum Gasteiger partial charge on any atom is -0.462 e. The van der Waals surface area contributed by atoms with Gasteiger partial charge in [-0.1, -0.05) is 240 Å². The number of hydrogen-bond donors (Lipinski definition) is 0. The van der Waals surface area contributed by atoms with Gasteiger partial charge in [-0.3, -0.25) is 14.4 Å². The Labute approximate surface area is 407 Å². The van der Waals surface area contributed by atoms with Gasteiger partial charge in [0.2, 0.25) is 0 Å². The lowest BCUT2D eigenvalue weighted by Gasteiger charge is -2.18. The number of allylic oxidation sites excluding steroid dienone is 16. The molecule has 0 aromatic carbocycles. The third kappa shape index (κ3) is 51.3. The van der Waals surface area contributed by atoms with Crippen molar-refractivity contribution >= 4 is 17.9 Å². The number of rotatable bonds is 48. The van der Waals surface area contributed by atoms with Crippen molar-refractivity contribution in [1.29, 1.82) is 0 Å². The van der Waals surface area contributed by atoms with Crippen LogP contribution in [0.25, 0.3) is 0 Å². The van der Waals surface area contributed by atoms with Gasteiger partial charge in [0.15, 0.2) is 6.10 Å². The molecule has 0 aromatic rings. The molecule has 0 fully saturated rings. The van der Waals surface area contributed by atoms with E-state index in [4.69, 9.17) is 14.2 Å². The second-order valence-corrected chi connectivity index (χ2v) is 17.8. The normalized spacial score (nSPS) is 12.8. The van der Waals surface area contributed by atoms with Gasteiger partial charge in [0.1, 0.15) is 13.2 Å². The minimum absolute atomic E-state index is 0.0892. The van der Waals surface area contributed by atoms with Crippen LogP contribution in [0.5, 0.6) is 0 Å². The van der Waals surface area contributed by atoms with Crippen LogP contribution in [0, 0.1) is 0 Å². The Kier molecular flexibility index (Phi) is 50.9. The van der Waals surface area contributed by atoms with Crippen molar-refractivity contribution in [3.8, 4) is 0 Å². The van der Waals surface area contributed by atoms with Crippen molar-refractivity contribution in [1.82, 2.24) is 0 Å². The molecule has 0 spiro atoms. The number of esters is 3. The number of hydrogen-bond acceptors (Lipinski definition) is 6. The molecule has 1 atom stereocenters. The zero-order valence-electron chi connectivity index (χ0n) is 42.9. The van der Waals surface area contributed by atoms with E-state index in [9.17, 15) is 14.4 Å². The van der Waals surface area contributed by atoms with Gasteiger partial charge in [-0.2, -0.15) is 0 Å². The highest BCUT2D eigenvalue weighted by Crippen LogP contribution is 2.15. The monoisotopic (exact) mass is 917 g/mol. The van der Waals surface area contributed by atoms with Crippen molar-refractivity contribution in [2.24, 2.45) is 0 Å². The number of ether oxygens (including phenoxy) is 3. The number of carbonyl (C=O) groups is 3. The van der Waals surface area contributed by atoms with Crippen LogP contribution in [0.4, 0.5) is 0 Å². The number of carbonyl (C=O) groups excluding carboxylic acids is 3.